The highest BCUT2D eigenvalue weighted by atomic mass is 32.2. The number of nitrogens with one attached hydrogen (secondary N) is 1. The highest BCUT2D eigenvalue weighted by Crippen LogP contribution is 2.19. The first-order valence-corrected chi connectivity index (χ1v) is 10.0. The van der Waals surface area contributed by atoms with Gasteiger partial charge in [0.2, 0.25) is 10.0 Å². The first-order chi connectivity index (χ1) is 12.4. The molecule has 2 aromatic carbocycles. The van der Waals surface area contributed by atoms with Gasteiger partial charge >= 0.3 is 0 Å². The van der Waals surface area contributed by atoms with Crippen molar-refractivity contribution in [2.45, 2.75) is 31.8 Å². The Morgan fingerprint density at radius 3 is 2.23 bits per heavy atom. The Kier molecular flexibility index (Phi) is 7.29. The maximum absolute atomic E-state index is 12.3. The summed E-state index contributed by atoms with van der Waals surface area (Å²) >= 11 is 0. The van der Waals surface area contributed by atoms with Crippen molar-refractivity contribution in [2.24, 2.45) is 0 Å². The molecule has 0 heterocycles. The molecule has 0 bridgehead atoms. The fourth-order valence-electron chi connectivity index (χ4n) is 2.22. The number of ether oxygens (including phenoxy) is 3. The van der Waals surface area contributed by atoms with Crippen LogP contribution in [-0.2, 0) is 10.0 Å². The molecule has 26 heavy (non-hydrogen) atoms. The summed E-state index contributed by atoms with van der Waals surface area (Å²) in [6.45, 7) is 6.68. The molecule has 0 fully saturated rings. The van der Waals surface area contributed by atoms with Crippen LogP contribution in [0, 0.1) is 0 Å². The van der Waals surface area contributed by atoms with E-state index in [0.717, 1.165) is 0 Å². The average molecular weight is 379 g/mol. The molecule has 0 saturated heterocycles. The molecule has 0 saturated carbocycles. The van der Waals surface area contributed by atoms with E-state index in [0.29, 0.717) is 23.9 Å². The molecule has 1 N–H and O–H groups in total. The lowest BCUT2D eigenvalue weighted by Gasteiger charge is -2.11. The molecule has 0 atom stereocenters. The number of hydrogen-bond donors (Lipinski definition) is 1. The van der Waals surface area contributed by atoms with Crippen LogP contribution in [0.3, 0.4) is 0 Å². The normalized spacial score (nSPS) is 11.4. The summed E-state index contributed by atoms with van der Waals surface area (Å²) in [7, 11) is -3.59. The Morgan fingerprint density at radius 2 is 1.62 bits per heavy atom. The second kappa shape index (κ2) is 9.45. The van der Waals surface area contributed by atoms with Gasteiger partial charge in [0.15, 0.2) is 0 Å². The zero-order valence-corrected chi connectivity index (χ0v) is 16.1. The summed E-state index contributed by atoms with van der Waals surface area (Å²) < 4.78 is 43.6. The van der Waals surface area contributed by atoms with Crippen LogP contribution in [0.4, 0.5) is 0 Å². The van der Waals surface area contributed by atoms with Crippen LogP contribution >= 0.6 is 0 Å². The fourth-order valence-corrected chi connectivity index (χ4v) is 3.23. The minimum atomic E-state index is -3.59. The molecule has 142 valence electrons. The van der Waals surface area contributed by atoms with Crippen LogP contribution in [0.15, 0.2) is 53.4 Å². The third kappa shape index (κ3) is 6.24. The van der Waals surface area contributed by atoms with E-state index in [-0.39, 0.29) is 24.2 Å². The Hall–Kier alpha value is -2.25. The van der Waals surface area contributed by atoms with Gasteiger partial charge in [0.1, 0.15) is 23.9 Å². The van der Waals surface area contributed by atoms with E-state index in [1.165, 1.54) is 12.1 Å². The van der Waals surface area contributed by atoms with Gasteiger partial charge in [-0.25, -0.2) is 13.1 Å². The largest absolute Gasteiger partial charge is 0.494 e. The number of rotatable bonds is 10. The standard InChI is InChI=1S/C19H25NO5S/c1-4-23-17-6-5-7-18(14-17)24-13-12-20-26(21,22)19-10-8-16(9-11-19)25-15(2)3/h5-11,14-15,20H,4,12-13H2,1-3H3. The van der Waals surface area contributed by atoms with Crippen LogP contribution in [0.2, 0.25) is 0 Å². The molecule has 0 aliphatic rings. The zero-order valence-electron chi connectivity index (χ0n) is 15.3. The first-order valence-electron chi connectivity index (χ1n) is 8.53. The summed E-state index contributed by atoms with van der Waals surface area (Å²) in [5.41, 5.74) is 0. The second-order valence-corrected chi connectivity index (χ2v) is 7.56. The van der Waals surface area contributed by atoms with E-state index in [1.54, 1.807) is 24.3 Å². The molecule has 0 aromatic heterocycles. The van der Waals surface area contributed by atoms with Gasteiger partial charge in [-0.05, 0) is 57.2 Å². The maximum atomic E-state index is 12.3. The summed E-state index contributed by atoms with van der Waals surface area (Å²) in [6, 6.07) is 13.6. The van der Waals surface area contributed by atoms with Crippen molar-refractivity contribution in [1.29, 1.82) is 0 Å². The third-order valence-electron chi connectivity index (χ3n) is 3.29. The molecule has 7 heteroatoms. The quantitative estimate of drug-likeness (QED) is 0.642. The van der Waals surface area contributed by atoms with Crippen LogP contribution in [0.1, 0.15) is 20.8 Å². The van der Waals surface area contributed by atoms with Crippen molar-refractivity contribution in [3.05, 3.63) is 48.5 Å². The summed E-state index contributed by atoms with van der Waals surface area (Å²) in [5.74, 6) is 1.98. The van der Waals surface area contributed by atoms with Crippen molar-refractivity contribution in [3.8, 4) is 17.2 Å². The van der Waals surface area contributed by atoms with Gasteiger partial charge in [0.05, 0.1) is 17.6 Å². The Balaban J connectivity index is 1.85. The number of benzene rings is 2. The van der Waals surface area contributed by atoms with E-state index in [2.05, 4.69) is 4.72 Å². The van der Waals surface area contributed by atoms with Crippen LogP contribution in [0.5, 0.6) is 17.2 Å². The van der Waals surface area contributed by atoms with Gasteiger partial charge < -0.3 is 14.2 Å². The zero-order chi connectivity index (χ0) is 19.0. The predicted octanol–water partition coefficient (Wildman–Crippen LogP) is 3.23. The summed E-state index contributed by atoms with van der Waals surface area (Å²) in [5, 5.41) is 0. The smallest absolute Gasteiger partial charge is 0.240 e. The van der Waals surface area contributed by atoms with Crippen LogP contribution < -0.4 is 18.9 Å². The minimum absolute atomic E-state index is 0.0361. The lowest BCUT2D eigenvalue weighted by Crippen LogP contribution is -2.28. The third-order valence-corrected chi connectivity index (χ3v) is 4.76. The molecular formula is C19H25NO5S. The number of hydrogen-bond acceptors (Lipinski definition) is 5. The minimum Gasteiger partial charge on any atom is -0.494 e. The number of sulfonamides is 1. The van der Waals surface area contributed by atoms with E-state index < -0.39 is 10.0 Å². The van der Waals surface area contributed by atoms with Crippen molar-refractivity contribution in [1.82, 2.24) is 4.72 Å². The van der Waals surface area contributed by atoms with Crippen molar-refractivity contribution >= 4 is 10.0 Å². The van der Waals surface area contributed by atoms with Crippen LogP contribution in [0.25, 0.3) is 0 Å². The van der Waals surface area contributed by atoms with Gasteiger partial charge in [-0.15, -0.1) is 0 Å². The van der Waals surface area contributed by atoms with Gasteiger partial charge in [-0.1, -0.05) is 6.07 Å². The fraction of sp³-hybridized carbons (Fsp3) is 0.368. The predicted molar refractivity (Wildman–Crippen MR) is 101 cm³/mol. The van der Waals surface area contributed by atoms with Gasteiger partial charge in [0.25, 0.3) is 0 Å². The van der Waals surface area contributed by atoms with Crippen molar-refractivity contribution in [3.63, 3.8) is 0 Å². The molecule has 0 unspecified atom stereocenters. The lowest BCUT2D eigenvalue weighted by atomic mass is 10.3. The Labute approximate surface area is 155 Å². The molecule has 0 spiro atoms. The van der Waals surface area contributed by atoms with Crippen LogP contribution in [-0.4, -0.2) is 34.3 Å². The highest BCUT2D eigenvalue weighted by molar-refractivity contribution is 7.89. The highest BCUT2D eigenvalue weighted by Gasteiger charge is 2.13. The SMILES string of the molecule is CCOc1cccc(OCCNS(=O)(=O)c2ccc(OC(C)C)cc2)c1. The van der Waals surface area contributed by atoms with Crippen molar-refractivity contribution < 1.29 is 22.6 Å². The molecular weight excluding hydrogens is 354 g/mol. The maximum Gasteiger partial charge on any atom is 0.240 e. The molecule has 0 radical (unpaired) electrons. The summed E-state index contributed by atoms with van der Waals surface area (Å²) in [4.78, 5) is 0.187. The molecule has 2 rings (SSSR count). The first kappa shape index (κ1) is 20.1. The molecule has 6 nitrogen and oxygen atoms in total. The van der Waals surface area contributed by atoms with Gasteiger partial charge in [-0.3, -0.25) is 0 Å². The average Bonchev–Trinajstić information content (AvgIpc) is 2.59. The van der Waals surface area contributed by atoms with E-state index in [4.69, 9.17) is 14.2 Å². The summed E-state index contributed by atoms with van der Waals surface area (Å²) in [6.07, 6.45) is 0.0361. The van der Waals surface area contributed by atoms with Gasteiger partial charge in [-0.2, -0.15) is 0 Å². The van der Waals surface area contributed by atoms with E-state index >= 15 is 0 Å². The second-order valence-electron chi connectivity index (χ2n) is 5.79. The van der Waals surface area contributed by atoms with Crippen molar-refractivity contribution in [2.75, 3.05) is 19.8 Å². The molecule has 0 amide bonds. The van der Waals surface area contributed by atoms with E-state index in [9.17, 15) is 8.42 Å². The lowest BCUT2D eigenvalue weighted by molar-refractivity contribution is 0.242. The topological polar surface area (TPSA) is 73.9 Å². The Morgan fingerprint density at radius 1 is 0.962 bits per heavy atom. The van der Waals surface area contributed by atoms with Gasteiger partial charge in [0, 0.05) is 12.6 Å². The molecule has 0 aliphatic heterocycles. The Bertz CT molecular complexity index is 788. The molecule has 2 aromatic rings. The van der Waals surface area contributed by atoms with E-state index in [1.807, 2.05) is 32.9 Å². The molecule has 0 aliphatic carbocycles. The monoisotopic (exact) mass is 379 g/mol.